The van der Waals surface area contributed by atoms with Crippen molar-refractivity contribution in [3.63, 3.8) is 0 Å². The van der Waals surface area contributed by atoms with E-state index in [4.69, 9.17) is 4.43 Å². The van der Waals surface area contributed by atoms with Gasteiger partial charge in [0.2, 0.25) is 5.91 Å². The average Bonchev–Trinajstić information content (AvgIpc) is 2.86. The van der Waals surface area contributed by atoms with Crippen LogP contribution in [0.4, 0.5) is 0 Å². The van der Waals surface area contributed by atoms with Crippen molar-refractivity contribution < 1.29 is 9.22 Å². The maximum Gasteiger partial charge on any atom is 0.222 e. The molecule has 3 aliphatic carbocycles. The van der Waals surface area contributed by atoms with Gasteiger partial charge in [-0.05, 0) is 93.2 Å². The summed E-state index contributed by atoms with van der Waals surface area (Å²) in [4.78, 5) is 14.4. The van der Waals surface area contributed by atoms with Crippen LogP contribution in [0.5, 0.6) is 0 Å². The molecular formula is C22H39NO2Si. The predicted molar refractivity (Wildman–Crippen MR) is 108 cm³/mol. The van der Waals surface area contributed by atoms with E-state index in [0.717, 1.165) is 30.6 Å². The Morgan fingerprint density at radius 2 is 1.65 bits per heavy atom. The molecule has 0 N–H and O–H groups in total. The summed E-state index contributed by atoms with van der Waals surface area (Å²) in [5.74, 6) is 2.87. The molecule has 1 saturated heterocycles. The van der Waals surface area contributed by atoms with Crippen LogP contribution >= 0.6 is 0 Å². The zero-order valence-corrected chi connectivity index (χ0v) is 18.8. The summed E-state index contributed by atoms with van der Waals surface area (Å²) in [5, 5.41) is 0. The molecule has 2 unspecified atom stereocenters. The highest BCUT2D eigenvalue weighted by Gasteiger charge is 2.61. The molecule has 4 rings (SSSR count). The van der Waals surface area contributed by atoms with E-state index in [2.05, 4.69) is 45.4 Å². The van der Waals surface area contributed by atoms with Crippen LogP contribution in [0.1, 0.15) is 65.2 Å². The number of hydrogen-bond acceptors (Lipinski definition) is 2. The molecule has 1 heterocycles. The largest absolute Gasteiger partial charge is 0.414 e. The number of piperidine rings is 1. The van der Waals surface area contributed by atoms with Crippen molar-refractivity contribution in [2.24, 2.45) is 28.6 Å². The van der Waals surface area contributed by atoms with Crippen molar-refractivity contribution in [1.29, 1.82) is 0 Å². The normalized spacial score (nSPS) is 48.8. The highest BCUT2D eigenvalue weighted by molar-refractivity contribution is 6.69. The number of likely N-dealkylation sites (tertiary alicyclic amines) is 1. The first-order valence-electron chi connectivity index (χ1n) is 11.0. The summed E-state index contributed by atoms with van der Waals surface area (Å²) in [6.07, 6.45) is 10.2. The molecular weight excluding hydrogens is 338 g/mol. The standard InChI is InChI=1S/C22H39NO2Si/c1-21-14-12-20(24)23(3)18(21)9-7-15-16-8-10-19(25-26(4,5)6)22(16,2)13-11-17(15)21/h15-19H,7-14H2,1-6H3/t15-,16-,17+,18?,19?,21+,22-/m0/s1. The molecule has 7 atom stereocenters. The zero-order valence-electron chi connectivity index (χ0n) is 17.8. The molecule has 4 heteroatoms. The van der Waals surface area contributed by atoms with E-state index >= 15 is 0 Å². The van der Waals surface area contributed by atoms with Crippen LogP contribution in [0, 0.1) is 28.6 Å². The molecule has 0 aromatic heterocycles. The molecule has 1 amide bonds. The first kappa shape index (κ1) is 19.0. The van der Waals surface area contributed by atoms with Crippen molar-refractivity contribution in [2.45, 2.75) is 97.0 Å². The second-order valence-corrected chi connectivity index (χ2v) is 15.8. The van der Waals surface area contributed by atoms with Crippen LogP contribution in [-0.4, -0.2) is 38.3 Å². The Labute approximate surface area is 161 Å². The molecule has 0 aromatic rings. The highest BCUT2D eigenvalue weighted by atomic mass is 28.4. The molecule has 148 valence electrons. The maximum atomic E-state index is 12.3. The lowest BCUT2D eigenvalue weighted by molar-refractivity contribution is -0.159. The van der Waals surface area contributed by atoms with E-state index in [1.54, 1.807) is 0 Å². The summed E-state index contributed by atoms with van der Waals surface area (Å²) in [6.45, 7) is 12.1. The van der Waals surface area contributed by atoms with E-state index < -0.39 is 8.32 Å². The van der Waals surface area contributed by atoms with Gasteiger partial charge in [-0.25, -0.2) is 0 Å². The van der Waals surface area contributed by atoms with Crippen molar-refractivity contribution >= 4 is 14.2 Å². The van der Waals surface area contributed by atoms with Gasteiger partial charge < -0.3 is 9.33 Å². The number of amides is 1. The number of hydrogen-bond donors (Lipinski definition) is 0. The van der Waals surface area contributed by atoms with Crippen molar-refractivity contribution in [3.05, 3.63) is 0 Å². The molecule has 4 fully saturated rings. The first-order chi connectivity index (χ1) is 12.1. The van der Waals surface area contributed by atoms with Gasteiger partial charge in [0.05, 0.1) is 6.10 Å². The fourth-order valence-electron chi connectivity index (χ4n) is 7.72. The molecule has 0 bridgehead atoms. The van der Waals surface area contributed by atoms with Crippen LogP contribution in [0.25, 0.3) is 0 Å². The van der Waals surface area contributed by atoms with Crippen molar-refractivity contribution in [1.82, 2.24) is 4.90 Å². The third-order valence-corrected chi connectivity index (χ3v) is 9.96. The van der Waals surface area contributed by atoms with Crippen LogP contribution in [0.3, 0.4) is 0 Å². The van der Waals surface area contributed by atoms with Gasteiger partial charge in [-0.2, -0.15) is 0 Å². The zero-order chi connectivity index (χ0) is 18.9. The topological polar surface area (TPSA) is 29.5 Å². The van der Waals surface area contributed by atoms with Gasteiger partial charge in [0.15, 0.2) is 8.32 Å². The van der Waals surface area contributed by atoms with Crippen molar-refractivity contribution in [2.75, 3.05) is 7.05 Å². The summed E-state index contributed by atoms with van der Waals surface area (Å²) >= 11 is 0. The van der Waals surface area contributed by atoms with Gasteiger partial charge in [0.1, 0.15) is 0 Å². The number of carbonyl (C=O) groups excluding carboxylic acids is 1. The summed E-state index contributed by atoms with van der Waals surface area (Å²) in [5.41, 5.74) is 0.728. The minimum Gasteiger partial charge on any atom is -0.414 e. The van der Waals surface area contributed by atoms with Gasteiger partial charge in [0, 0.05) is 19.5 Å². The van der Waals surface area contributed by atoms with E-state index in [0.29, 0.717) is 28.9 Å². The number of fused-ring (bicyclic) bond motifs is 5. The third-order valence-electron chi connectivity index (χ3n) is 8.97. The lowest BCUT2D eigenvalue weighted by Gasteiger charge is -2.61. The Morgan fingerprint density at radius 3 is 2.35 bits per heavy atom. The molecule has 4 aliphatic rings. The van der Waals surface area contributed by atoms with Gasteiger partial charge in [-0.15, -0.1) is 0 Å². The van der Waals surface area contributed by atoms with Crippen LogP contribution in [0.15, 0.2) is 0 Å². The Hall–Kier alpha value is -0.353. The Bertz CT molecular complexity index is 587. The first-order valence-corrected chi connectivity index (χ1v) is 14.4. The number of nitrogens with zero attached hydrogens (tertiary/aromatic N) is 1. The minimum atomic E-state index is -1.49. The molecule has 0 radical (unpaired) electrons. The Kier molecular flexibility index (Phi) is 4.43. The fraction of sp³-hybridized carbons (Fsp3) is 0.955. The van der Waals surface area contributed by atoms with E-state index in [9.17, 15) is 4.79 Å². The second kappa shape index (κ2) is 6.07. The van der Waals surface area contributed by atoms with E-state index in [1.165, 1.54) is 38.5 Å². The smallest absolute Gasteiger partial charge is 0.222 e. The number of rotatable bonds is 2. The molecule has 3 saturated carbocycles. The monoisotopic (exact) mass is 377 g/mol. The van der Waals surface area contributed by atoms with Gasteiger partial charge in [0.25, 0.3) is 0 Å². The van der Waals surface area contributed by atoms with Crippen LogP contribution in [-0.2, 0) is 9.22 Å². The Balaban J connectivity index is 1.58. The minimum absolute atomic E-state index is 0.338. The maximum absolute atomic E-state index is 12.3. The van der Waals surface area contributed by atoms with Gasteiger partial charge >= 0.3 is 0 Å². The predicted octanol–water partition coefficient (Wildman–Crippen LogP) is 5.07. The van der Waals surface area contributed by atoms with Crippen LogP contribution < -0.4 is 0 Å². The van der Waals surface area contributed by atoms with E-state index in [-0.39, 0.29) is 0 Å². The molecule has 3 nitrogen and oxygen atoms in total. The Morgan fingerprint density at radius 1 is 0.962 bits per heavy atom. The highest BCUT2D eigenvalue weighted by Crippen LogP contribution is 2.65. The SMILES string of the molecule is CN1C(=O)CC[C@@]2(C)C1CC[C@@H]1[C@H]2CC[C@]2(C)C(O[Si](C)(C)C)CC[C@@H]12. The second-order valence-electron chi connectivity index (χ2n) is 11.3. The molecule has 26 heavy (non-hydrogen) atoms. The van der Waals surface area contributed by atoms with Gasteiger partial charge in [-0.1, -0.05) is 13.8 Å². The molecule has 0 spiro atoms. The van der Waals surface area contributed by atoms with E-state index in [1.807, 2.05) is 0 Å². The lowest BCUT2D eigenvalue weighted by Crippen LogP contribution is -2.61. The quantitative estimate of drug-likeness (QED) is 0.629. The number of carbonyl (C=O) groups is 1. The summed E-state index contributed by atoms with van der Waals surface area (Å²) in [6, 6.07) is 0.477. The third kappa shape index (κ3) is 2.73. The lowest BCUT2D eigenvalue weighted by atomic mass is 9.47. The summed E-state index contributed by atoms with van der Waals surface area (Å²) < 4.78 is 6.70. The average molecular weight is 378 g/mol. The van der Waals surface area contributed by atoms with Crippen molar-refractivity contribution in [3.8, 4) is 0 Å². The fourth-order valence-corrected chi connectivity index (χ4v) is 8.96. The van der Waals surface area contributed by atoms with Crippen LogP contribution in [0.2, 0.25) is 19.6 Å². The molecule has 0 aromatic carbocycles. The van der Waals surface area contributed by atoms with Gasteiger partial charge in [-0.3, -0.25) is 4.79 Å². The summed E-state index contributed by atoms with van der Waals surface area (Å²) in [7, 11) is 0.568. The molecule has 1 aliphatic heterocycles.